The average Bonchev–Trinajstić information content (AvgIpc) is 2.53. The van der Waals surface area contributed by atoms with Gasteiger partial charge in [-0.2, -0.15) is 0 Å². The number of aliphatic hydroxyl groups is 1. The van der Waals surface area contributed by atoms with E-state index >= 15 is 0 Å². The van der Waals surface area contributed by atoms with E-state index in [2.05, 4.69) is 12.2 Å². The molecule has 2 aromatic rings. The van der Waals surface area contributed by atoms with Crippen LogP contribution in [0.15, 0.2) is 42.5 Å². The van der Waals surface area contributed by atoms with Gasteiger partial charge in [-0.1, -0.05) is 18.2 Å². The van der Waals surface area contributed by atoms with Crippen LogP contribution in [0.4, 0.5) is 4.39 Å². The Labute approximate surface area is 124 Å². The van der Waals surface area contributed by atoms with Gasteiger partial charge < -0.3 is 15.2 Å². The van der Waals surface area contributed by atoms with Crippen LogP contribution in [0.3, 0.4) is 0 Å². The van der Waals surface area contributed by atoms with E-state index in [1.165, 1.54) is 6.07 Å². The predicted octanol–water partition coefficient (Wildman–Crippen LogP) is 3.18. The molecule has 0 aliphatic carbocycles. The fourth-order valence-corrected chi connectivity index (χ4v) is 2.14. The largest absolute Gasteiger partial charge is 0.497 e. The van der Waals surface area contributed by atoms with E-state index in [9.17, 15) is 4.39 Å². The molecule has 4 heteroatoms. The van der Waals surface area contributed by atoms with Gasteiger partial charge in [0.25, 0.3) is 0 Å². The number of methoxy groups -OCH3 is 1. The van der Waals surface area contributed by atoms with Crippen molar-refractivity contribution in [2.24, 2.45) is 0 Å². The molecule has 0 spiro atoms. The SMILES string of the molecule is COc1ccc([C@@H](C)NCc2ccc(F)c(CO)c2)cc1. The van der Waals surface area contributed by atoms with Crippen LogP contribution in [0.25, 0.3) is 0 Å². The second-order valence-corrected chi connectivity index (χ2v) is 4.96. The third-order valence-electron chi connectivity index (χ3n) is 3.51. The van der Waals surface area contributed by atoms with Crippen molar-refractivity contribution in [3.8, 4) is 5.75 Å². The molecule has 21 heavy (non-hydrogen) atoms. The van der Waals surface area contributed by atoms with E-state index in [0.29, 0.717) is 12.1 Å². The number of hydrogen-bond donors (Lipinski definition) is 2. The lowest BCUT2D eigenvalue weighted by atomic mass is 10.1. The third-order valence-corrected chi connectivity index (χ3v) is 3.51. The highest BCUT2D eigenvalue weighted by Crippen LogP contribution is 2.18. The van der Waals surface area contributed by atoms with E-state index in [-0.39, 0.29) is 18.5 Å². The van der Waals surface area contributed by atoms with E-state index < -0.39 is 0 Å². The molecule has 0 bridgehead atoms. The van der Waals surface area contributed by atoms with Gasteiger partial charge in [0, 0.05) is 18.2 Å². The van der Waals surface area contributed by atoms with Gasteiger partial charge >= 0.3 is 0 Å². The lowest BCUT2D eigenvalue weighted by Gasteiger charge is -2.15. The summed E-state index contributed by atoms with van der Waals surface area (Å²) in [6, 6.07) is 12.8. The van der Waals surface area contributed by atoms with Crippen molar-refractivity contribution >= 4 is 0 Å². The zero-order chi connectivity index (χ0) is 15.2. The summed E-state index contributed by atoms with van der Waals surface area (Å²) in [6.45, 7) is 2.40. The summed E-state index contributed by atoms with van der Waals surface area (Å²) in [4.78, 5) is 0. The molecule has 3 nitrogen and oxygen atoms in total. The van der Waals surface area contributed by atoms with Crippen LogP contribution in [0.2, 0.25) is 0 Å². The Balaban J connectivity index is 1.98. The predicted molar refractivity (Wildman–Crippen MR) is 80.6 cm³/mol. The van der Waals surface area contributed by atoms with Gasteiger partial charge in [-0.15, -0.1) is 0 Å². The molecule has 2 N–H and O–H groups in total. The first-order valence-corrected chi connectivity index (χ1v) is 6.89. The minimum Gasteiger partial charge on any atom is -0.497 e. The number of benzene rings is 2. The minimum absolute atomic E-state index is 0.165. The van der Waals surface area contributed by atoms with Gasteiger partial charge in [0.05, 0.1) is 13.7 Å². The van der Waals surface area contributed by atoms with Gasteiger partial charge in [-0.3, -0.25) is 0 Å². The quantitative estimate of drug-likeness (QED) is 0.858. The fourth-order valence-electron chi connectivity index (χ4n) is 2.14. The standard InChI is InChI=1S/C17H20FNO2/c1-12(14-4-6-16(21-2)7-5-14)19-10-13-3-8-17(18)15(9-13)11-20/h3-9,12,19-20H,10-11H2,1-2H3/t12-/m1/s1. The van der Waals surface area contributed by atoms with Crippen molar-refractivity contribution < 1.29 is 14.2 Å². The molecule has 0 radical (unpaired) electrons. The molecule has 0 aliphatic heterocycles. The van der Waals surface area contributed by atoms with Gasteiger partial charge in [0.1, 0.15) is 11.6 Å². The van der Waals surface area contributed by atoms with Crippen molar-refractivity contribution in [3.05, 3.63) is 65.0 Å². The molecule has 0 aromatic heterocycles. The Kier molecular flexibility index (Phi) is 5.31. The smallest absolute Gasteiger partial charge is 0.128 e. The van der Waals surface area contributed by atoms with Crippen LogP contribution in [-0.4, -0.2) is 12.2 Å². The topological polar surface area (TPSA) is 41.5 Å². The van der Waals surface area contributed by atoms with E-state index in [4.69, 9.17) is 9.84 Å². The summed E-state index contributed by atoms with van der Waals surface area (Å²) in [5, 5.41) is 12.5. The number of rotatable bonds is 6. The minimum atomic E-state index is -0.371. The Morgan fingerprint density at radius 2 is 1.90 bits per heavy atom. The molecule has 2 aromatic carbocycles. The second kappa shape index (κ2) is 7.20. The molecule has 1 atom stereocenters. The molecule has 0 amide bonds. The maximum absolute atomic E-state index is 13.3. The number of halogens is 1. The first kappa shape index (κ1) is 15.5. The molecule has 0 heterocycles. The van der Waals surface area contributed by atoms with Crippen LogP contribution in [0, 0.1) is 5.82 Å². The first-order chi connectivity index (χ1) is 10.1. The van der Waals surface area contributed by atoms with Crippen molar-refractivity contribution in [2.75, 3.05) is 7.11 Å². The van der Waals surface area contributed by atoms with Gasteiger partial charge in [-0.05, 0) is 42.3 Å². The monoisotopic (exact) mass is 289 g/mol. The highest BCUT2D eigenvalue weighted by atomic mass is 19.1. The number of nitrogens with one attached hydrogen (secondary N) is 1. The highest BCUT2D eigenvalue weighted by molar-refractivity contribution is 5.29. The van der Waals surface area contributed by atoms with E-state index in [1.807, 2.05) is 24.3 Å². The van der Waals surface area contributed by atoms with Crippen LogP contribution < -0.4 is 10.1 Å². The van der Waals surface area contributed by atoms with E-state index in [0.717, 1.165) is 16.9 Å². The first-order valence-electron chi connectivity index (χ1n) is 6.89. The summed E-state index contributed by atoms with van der Waals surface area (Å²) in [5.74, 6) is 0.460. The normalized spacial score (nSPS) is 12.2. The van der Waals surface area contributed by atoms with Gasteiger partial charge in [0.15, 0.2) is 0 Å². The Morgan fingerprint density at radius 1 is 1.19 bits per heavy atom. The van der Waals surface area contributed by atoms with Gasteiger partial charge in [-0.25, -0.2) is 4.39 Å². The van der Waals surface area contributed by atoms with Crippen molar-refractivity contribution in [2.45, 2.75) is 26.1 Å². The van der Waals surface area contributed by atoms with Crippen LogP contribution in [0.1, 0.15) is 29.7 Å². The Hall–Kier alpha value is -1.91. The van der Waals surface area contributed by atoms with Crippen LogP contribution in [0.5, 0.6) is 5.75 Å². The van der Waals surface area contributed by atoms with Crippen LogP contribution in [-0.2, 0) is 13.2 Å². The fraction of sp³-hybridized carbons (Fsp3) is 0.294. The summed E-state index contributed by atoms with van der Waals surface area (Å²) >= 11 is 0. The lowest BCUT2D eigenvalue weighted by molar-refractivity contribution is 0.275. The number of ether oxygens (including phenoxy) is 1. The molecule has 0 unspecified atom stereocenters. The molecule has 112 valence electrons. The third kappa shape index (κ3) is 4.03. The molecule has 0 saturated carbocycles. The number of hydrogen-bond acceptors (Lipinski definition) is 3. The average molecular weight is 289 g/mol. The maximum atomic E-state index is 13.3. The number of aliphatic hydroxyl groups excluding tert-OH is 1. The highest BCUT2D eigenvalue weighted by Gasteiger charge is 2.07. The molecule has 0 saturated heterocycles. The Bertz CT molecular complexity index is 584. The van der Waals surface area contributed by atoms with Gasteiger partial charge in [0.2, 0.25) is 0 Å². The second-order valence-electron chi connectivity index (χ2n) is 4.96. The summed E-state index contributed by atoms with van der Waals surface area (Å²) in [7, 11) is 1.64. The summed E-state index contributed by atoms with van der Waals surface area (Å²) in [6.07, 6.45) is 0. The van der Waals surface area contributed by atoms with Crippen molar-refractivity contribution in [1.82, 2.24) is 5.32 Å². The van der Waals surface area contributed by atoms with Crippen molar-refractivity contribution in [3.63, 3.8) is 0 Å². The molecule has 0 fully saturated rings. The van der Waals surface area contributed by atoms with Crippen molar-refractivity contribution in [1.29, 1.82) is 0 Å². The molecule has 0 aliphatic rings. The molecular formula is C17H20FNO2. The summed E-state index contributed by atoms with van der Waals surface area (Å²) in [5.41, 5.74) is 2.42. The molecular weight excluding hydrogens is 269 g/mol. The Morgan fingerprint density at radius 3 is 2.52 bits per heavy atom. The van der Waals surface area contributed by atoms with Crippen LogP contribution >= 0.6 is 0 Å². The summed E-state index contributed by atoms with van der Waals surface area (Å²) < 4.78 is 18.4. The maximum Gasteiger partial charge on any atom is 0.128 e. The zero-order valence-electron chi connectivity index (χ0n) is 12.3. The lowest BCUT2D eigenvalue weighted by Crippen LogP contribution is -2.18. The van der Waals surface area contributed by atoms with E-state index in [1.54, 1.807) is 19.2 Å². The molecule has 2 rings (SSSR count). The zero-order valence-corrected chi connectivity index (χ0v) is 12.3.